The van der Waals surface area contributed by atoms with E-state index in [1.165, 1.54) is 19.8 Å². The van der Waals surface area contributed by atoms with E-state index in [1.54, 1.807) is 13.8 Å². The van der Waals surface area contributed by atoms with Gasteiger partial charge in [-0.1, -0.05) is 34.6 Å². The molecular weight excluding hydrogens is 624 g/mol. The molecule has 5 saturated carbocycles. The fraction of sp³-hybridized carbons (Fsp3) is 0.949. The van der Waals surface area contributed by atoms with E-state index in [0.717, 1.165) is 32.1 Å². The first-order valence-electron chi connectivity index (χ1n) is 19.3. The van der Waals surface area contributed by atoms with Crippen molar-refractivity contribution in [2.24, 2.45) is 56.5 Å². The van der Waals surface area contributed by atoms with E-state index in [-0.39, 0.29) is 69.4 Å². The van der Waals surface area contributed by atoms with Crippen molar-refractivity contribution >= 4 is 11.9 Å². The minimum atomic E-state index is -1.27. The maximum atomic E-state index is 12.6. The quantitative estimate of drug-likeness (QED) is 0.332. The van der Waals surface area contributed by atoms with Crippen LogP contribution in [0.25, 0.3) is 0 Å². The topological polar surface area (TPSA) is 141 Å². The summed E-state index contributed by atoms with van der Waals surface area (Å²) in [5.74, 6) is 0.630. The van der Waals surface area contributed by atoms with Crippen molar-refractivity contribution in [3.05, 3.63) is 0 Å². The monoisotopic (exact) mass is 688 g/mol. The smallest absolute Gasteiger partial charge is 0.303 e. The fourth-order valence-corrected chi connectivity index (χ4v) is 14.0. The predicted octanol–water partition coefficient (Wildman–Crippen LogP) is 4.42. The van der Waals surface area contributed by atoms with E-state index in [9.17, 15) is 19.8 Å². The molecule has 0 unspecified atom stereocenters. The van der Waals surface area contributed by atoms with E-state index in [2.05, 4.69) is 39.5 Å². The summed E-state index contributed by atoms with van der Waals surface area (Å²) < 4.78 is 25.4. The highest BCUT2D eigenvalue weighted by molar-refractivity contribution is 5.79. The molecule has 0 aromatic carbocycles. The van der Waals surface area contributed by atoms with Crippen LogP contribution < -0.4 is 5.73 Å². The molecule has 0 aromatic heterocycles. The number of primary amides is 1. The Hall–Kier alpha value is -1.30. The number of rotatable bonds is 7. The number of carbonyl (C=O) groups excluding carboxylic acids is 2. The lowest BCUT2D eigenvalue weighted by atomic mass is 9.41. The second kappa shape index (κ2) is 11.6. The van der Waals surface area contributed by atoms with Gasteiger partial charge in [-0.2, -0.15) is 0 Å². The van der Waals surface area contributed by atoms with E-state index in [4.69, 9.17) is 24.7 Å². The second-order valence-electron chi connectivity index (χ2n) is 19.2. The number of amides is 1. The molecule has 2 heterocycles. The lowest BCUT2D eigenvalue weighted by molar-refractivity contribution is -0.250. The van der Waals surface area contributed by atoms with Gasteiger partial charge in [-0.25, -0.2) is 0 Å². The molecule has 2 saturated heterocycles. The Labute approximate surface area is 293 Å². The Morgan fingerprint density at radius 3 is 2.37 bits per heavy atom. The maximum Gasteiger partial charge on any atom is 0.303 e. The van der Waals surface area contributed by atoms with Gasteiger partial charge in [0.25, 0.3) is 0 Å². The predicted molar refractivity (Wildman–Crippen MR) is 183 cm³/mol. The Bertz CT molecular complexity index is 1330. The molecule has 15 atom stereocenters. The molecule has 49 heavy (non-hydrogen) atoms. The first-order valence-corrected chi connectivity index (χ1v) is 19.3. The molecule has 5 aliphatic carbocycles. The van der Waals surface area contributed by atoms with Crippen LogP contribution in [0.5, 0.6) is 0 Å². The standard InChI is InChI=1S/C39H64N2O8/c1-21-18-24(32(35(6,7)45)47-23(3)42)48-30-29(21)36(8)14-15-39-20-38(39)13-12-27(49-28-19-41(16-17-46-28)22(2)33(40)44)34(4,5)25(38)10-11-26(39)37(36,9)31(30)43/h21-22,24-32,43,45H,10-20H2,1-9H3,(H2,40,44)/t21-,22+,24-,25+,26+,27+,28+,29+,30+,31+,32+,36-,37-,38-,39+/m1/s1. The van der Waals surface area contributed by atoms with Gasteiger partial charge in [-0.15, -0.1) is 0 Å². The number of hydrogen-bond donors (Lipinski definition) is 3. The van der Waals surface area contributed by atoms with Gasteiger partial charge in [0, 0.05) is 18.9 Å². The average Bonchev–Trinajstić information content (AvgIpc) is 3.65. The van der Waals surface area contributed by atoms with Crippen LogP contribution >= 0.6 is 0 Å². The molecule has 0 radical (unpaired) electrons. The number of hydrogen-bond acceptors (Lipinski definition) is 9. The number of nitrogens with zero attached hydrogens (tertiary/aromatic N) is 1. The van der Waals surface area contributed by atoms with Crippen LogP contribution in [0.3, 0.4) is 0 Å². The summed E-state index contributed by atoms with van der Waals surface area (Å²) in [6.07, 6.45) is 5.95. The van der Waals surface area contributed by atoms with E-state index < -0.39 is 29.9 Å². The van der Waals surface area contributed by atoms with Gasteiger partial charge in [-0.05, 0) is 117 Å². The molecule has 0 aromatic rings. The lowest BCUT2D eigenvalue weighted by Gasteiger charge is -2.64. The minimum absolute atomic E-state index is 0.0364. The molecule has 278 valence electrons. The summed E-state index contributed by atoms with van der Waals surface area (Å²) in [4.78, 5) is 26.1. The number of fused-ring (bicyclic) bond motifs is 4. The van der Waals surface area contributed by atoms with E-state index in [0.29, 0.717) is 38.0 Å². The second-order valence-corrected chi connectivity index (χ2v) is 19.2. The summed E-state index contributed by atoms with van der Waals surface area (Å²) in [6.45, 7) is 20.3. The van der Waals surface area contributed by atoms with Crippen molar-refractivity contribution in [2.75, 3.05) is 19.7 Å². The zero-order valence-corrected chi connectivity index (χ0v) is 31.5. The SMILES string of the molecule is CC(=O)O[C@@H]([C@H]1C[C@@H](C)[C@H]2[C@H](O1)[C@H](O)[C@@]1(C)[C@@H]3CC[C@H]4C(C)(C)[C@@H](O[C@H]5CN([C@@H](C)C(N)=O)CCO5)CC[C@@]45C[C@@]35CC[C@]21C)C(C)(C)O. The molecular formula is C39H64N2O8. The van der Waals surface area contributed by atoms with Crippen LogP contribution in [0.15, 0.2) is 0 Å². The molecule has 7 aliphatic rings. The summed E-state index contributed by atoms with van der Waals surface area (Å²) in [6, 6.07) is -0.344. The Morgan fingerprint density at radius 1 is 1.04 bits per heavy atom. The van der Waals surface area contributed by atoms with Crippen molar-refractivity contribution in [1.29, 1.82) is 0 Å². The summed E-state index contributed by atoms with van der Waals surface area (Å²) in [5.41, 5.74) is 4.40. The Balaban J connectivity index is 1.12. The summed E-state index contributed by atoms with van der Waals surface area (Å²) in [5, 5.41) is 23.6. The maximum absolute atomic E-state index is 12.6. The number of aliphatic hydroxyl groups is 2. The van der Waals surface area contributed by atoms with E-state index >= 15 is 0 Å². The summed E-state index contributed by atoms with van der Waals surface area (Å²) in [7, 11) is 0. The van der Waals surface area contributed by atoms with Crippen LogP contribution in [-0.2, 0) is 28.5 Å². The molecule has 2 aliphatic heterocycles. The van der Waals surface area contributed by atoms with Crippen LogP contribution in [0.2, 0.25) is 0 Å². The van der Waals surface area contributed by atoms with Gasteiger partial charge in [0.15, 0.2) is 12.4 Å². The van der Waals surface area contributed by atoms with E-state index in [1.807, 2.05) is 6.92 Å². The summed E-state index contributed by atoms with van der Waals surface area (Å²) >= 11 is 0. The van der Waals surface area contributed by atoms with Gasteiger partial charge < -0.3 is 34.9 Å². The number of esters is 1. The first kappa shape index (κ1) is 36.1. The molecule has 7 fully saturated rings. The zero-order chi connectivity index (χ0) is 35.7. The molecule has 10 heteroatoms. The molecule has 7 rings (SSSR count). The van der Waals surface area contributed by atoms with Gasteiger partial charge in [-0.3, -0.25) is 14.5 Å². The van der Waals surface area contributed by atoms with Gasteiger partial charge in [0.05, 0.1) is 49.2 Å². The highest BCUT2D eigenvalue weighted by Gasteiger charge is 2.84. The number of morpholine rings is 1. The van der Waals surface area contributed by atoms with Gasteiger partial charge in [0.1, 0.15) is 0 Å². The van der Waals surface area contributed by atoms with Crippen LogP contribution in [0.1, 0.15) is 114 Å². The largest absolute Gasteiger partial charge is 0.457 e. The third kappa shape index (κ3) is 4.99. The third-order valence-corrected chi connectivity index (χ3v) is 16.4. The number of nitrogens with two attached hydrogens (primary N) is 1. The molecule has 4 N–H and O–H groups in total. The molecule has 0 bridgehead atoms. The minimum Gasteiger partial charge on any atom is -0.457 e. The Morgan fingerprint density at radius 2 is 1.71 bits per heavy atom. The van der Waals surface area contributed by atoms with Crippen molar-refractivity contribution in [3.8, 4) is 0 Å². The number of carbonyl (C=O) groups is 2. The van der Waals surface area contributed by atoms with Crippen LogP contribution in [0.4, 0.5) is 0 Å². The lowest BCUT2D eigenvalue weighted by Crippen LogP contribution is -2.60. The van der Waals surface area contributed by atoms with Crippen molar-refractivity contribution in [1.82, 2.24) is 4.90 Å². The molecule has 2 spiro atoms. The van der Waals surface area contributed by atoms with Crippen molar-refractivity contribution in [2.45, 2.75) is 162 Å². The highest BCUT2D eigenvalue weighted by Crippen LogP contribution is 2.89. The number of ether oxygens (including phenoxy) is 4. The van der Waals surface area contributed by atoms with Crippen molar-refractivity contribution in [3.63, 3.8) is 0 Å². The zero-order valence-electron chi connectivity index (χ0n) is 31.5. The first-order chi connectivity index (χ1) is 22.7. The third-order valence-electron chi connectivity index (χ3n) is 16.4. The fourth-order valence-electron chi connectivity index (χ4n) is 14.0. The van der Waals surface area contributed by atoms with Crippen molar-refractivity contribution < 1.29 is 38.7 Å². The van der Waals surface area contributed by atoms with Gasteiger partial charge >= 0.3 is 5.97 Å². The highest BCUT2D eigenvalue weighted by atomic mass is 16.7. The average molecular weight is 689 g/mol. The van der Waals surface area contributed by atoms with Crippen LogP contribution in [-0.4, -0.2) is 95.1 Å². The van der Waals surface area contributed by atoms with Gasteiger partial charge in [0.2, 0.25) is 5.91 Å². The molecule has 10 nitrogen and oxygen atoms in total. The van der Waals surface area contributed by atoms with Crippen LogP contribution in [0, 0.1) is 50.7 Å². The Kier molecular flexibility index (Phi) is 8.54. The molecule has 1 amide bonds. The number of aliphatic hydroxyl groups excluding tert-OH is 1. The normalized spacial score (nSPS) is 50.1.